The summed E-state index contributed by atoms with van der Waals surface area (Å²) in [6.07, 6.45) is 1.81. The van der Waals surface area contributed by atoms with Crippen LogP contribution in [0.15, 0.2) is 51.7 Å². The molecule has 1 aromatic heterocycles. The van der Waals surface area contributed by atoms with Gasteiger partial charge in [-0.1, -0.05) is 30.3 Å². The first kappa shape index (κ1) is 23.1. The molecule has 1 saturated heterocycles. The van der Waals surface area contributed by atoms with E-state index in [1.54, 1.807) is 24.9 Å². The van der Waals surface area contributed by atoms with Crippen molar-refractivity contribution < 1.29 is 13.9 Å². The number of hydrogen-bond acceptors (Lipinski definition) is 7. The number of benzene rings is 2. The van der Waals surface area contributed by atoms with Gasteiger partial charge in [-0.2, -0.15) is 17.0 Å². The summed E-state index contributed by atoms with van der Waals surface area (Å²) in [4.78, 5) is 24.3. The molecule has 33 heavy (non-hydrogen) atoms. The Labute approximate surface area is 195 Å². The van der Waals surface area contributed by atoms with Crippen LogP contribution in [-0.4, -0.2) is 53.8 Å². The van der Waals surface area contributed by atoms with Gasteiger partial charge >= 0.3 is 5.76 Å². The van der Waals surface area contributed by atoms with Crippen LogP contribution in [0.2, 0.25) is 0 Å². The smallest absolute Gasteiger partial charge is 0.408 e. The third-order valence-electron chi connectivity index (χ3n) is 5.80. The Bertz CT molecular complexity index is 1230. The first-order valence-corrected chi connectivity index (χ1v) is 12.0. The van der Waals surface area contributed by atoms with Crippen LogP contribution >= 0.6 is 11.8 Å². The molecule has 2 N–H and O–H groups in total. The lowest BCUT2D eigenvalue weighted by atomic mass is 10.0. The van der Waals surface area contributed by atoms with E-state index in [-0.39, 0.29) is 5.91 Å². The number of amides is 1. The van der Waals surface area contributed by atoms with E-state index < -0.39 is 17.9 Å². The maximum Gasteiger partial charge on any atom is 0.419 e. The second-order valence-corrected chi connectivity index (χ2v) is 9.18. The molecule has 3 aromatic rings. The number of rotatable bonds is 6. The summed E-state index contributed by atoms with van der Waals surface area (Å²) in [6, 6.07) is 14.9. The molecule has 0 saturated carbocycles. The van der Waals surface area contributed by atoms with E-state index in [4.69, 9.17) is 9.15 Å². The van der Waals surface area contributed by atoms with E-state index in [0.717, 1.165) is 28.8 Å². The number of aryl methyl sites for hydroxylation is 1. The van der Waals surface area contributed by atoms with Crippen LogP contribution in [0.25, 0.3) is 22.2 Å². The number of nitrogens with zero attached hydrogens (tertiary/aromatic N) is 2. The number of fused-ring (bicyclic) bond motifs is 1. The molecule has 2 aromatic carbocycles. The van der Waals surface area contributed by atoms with Gasteiger partial charge in [0.05, 0.1) is 18.2 Å². The third-order valence-corrected chi connectivity index (χ3v) is 6.77. The molecule has 1 aliphatic rings. The SMILES string of the molecule is CS[C@@H]1CNC[C@@H](C(=O)N[C@H](C#N)Cc2ccc(-c3ccc4oc(=O)n(C)c4c3)cc2)OC1. The van der Waals surface area contributed by atoms with E-state index in [2.05, 4.69) is 16.7 Å². The zero-order chi connectivity index (χ0) is 23.4. The summed E-state index contributed by atoms with van der Waals surface area (Å²) in [5.41, 5.74) is 4.15. The highest BCUT2D eigenvalue weighted by atomic mass is 32.2. The molecular formula is C24H26N4O4S. The van der Waals surface area contributed by atoms with Crippen molar-refractivity contribution in [3.63, 3.8) is 0 Å². The fourth-order valence-electron chi connectivity index (χ4n) is 3.81. The van der Waals surface area contributed by atoms with Crippen LogP contribution in [0, 0.1) is 11.3 Å². The number of aromatic nitrogens is 1. The fourth-order valence-corrected chi connectivity index (χ4v) is 4.30. The van der Waals surface area contributed by atoms with E-state index in [0.29, 0.717) is 30.4 Å². The molecule has 8 nitrogen and oxygen atoms in total. The monoisotopic (exact) mass is 466 g/mol. The van der Waals surface area contributed by atoms with Gasteiger partial charge in [0, 0.05) is 31.8 Å². The van der Waals surface area contributed by atoms with Crippen molar-refractivity contribution >= 4 is 28.8 Å². The maximum atomic E-state index is 12.6. The Balaban J connectivity index is 1.40. The Morgan fingerprint density at radius 2 is 2.03 bits per heavy atom. The molecule has 0 radical (unpaired) electrons. The highest BCUT2D eigenvalue weighted by Gasteiger charge is 2.26. The van der Waals surface area contributed by atoms with Crippen LogP contribution in [-0.2, 0) is 23.0 Å². The van der Waals surface area contributed by atoms with Gasteiger partial charge in [0.2, 0.25) is 0 Å². The lowest BCUT2D eigenvalue weighted by Gasteiger charge is -2.18. The second-order valence-electron chi connectivity index (χ2n) is 8.04. The van der Waals surface area contributed by atoms with E-state index >= 15 is 0 Å². The van der Waals surface area contributed by atoms with Gasteiger partial charge in [-0.25, -0.2) is 4.79 Å². The number of nitrogens with one attached hydrogen (secondary N) is 2. The number of thioether (sulfide) groups is 1. The normalized spacial score (nSPS) is 19.5. The summed E-state index contributed by atoms with van der Waals surface area (Å²) in [5, 5.41) is 15.9. The average Bonchev–Trinajstić information content (AvgIpc) is 2.99. The maximum absolute atomic E-state index is 12.6. The van der Waals surface area contributed by atoms with Gasteiger partial charge in [0.15, 0.2) is 5.58 Å². The van der Waals surface area contributed by atoms with Crippen LogP contribution < -0.4 is 16.4 Å². The Hall–Kier alpha value is -3.06. The molecule has 9 heteroatoms. The van der Waals surface area contributed by atoms with Crippen molar-refractivity contribution in [2.24, 2.45) is 7.05 Å². The third kappa shape index (κ3) is 5.30. The Kier molecular flexibility index (Phi) is 7.18. The summed E-state index contributed by atoms with van der Waals surface area (Å²) in [5.74, 6) is -0.664. The second kappa shape index (κ2) is 10.3. The van der Waals surface area contributed by atoms with E-state index in [1.807, 2.05) is 42.7 Å². The van der Waals surface area contributed by atoms with Crippen molar-refractivity contribution in [2.75, 3.05) is 26.0 Å². The van der Waals surface area contributed by atoms with Crippen LogP contribution in [0.1, 0.15) is 5.56 Å². The van der Waals surface area contributed by atoms with Crippen molar-refractivity contribution in [1.29, 1.82) is 5.26 Å². The summed E-state index contributed by atoms with van der Waals surface area (Å²) >= 11 is 1.70. The van der Waals surface area contributed by atoms with Gasteiger partial charge in [0.25, 0.3) is 5.91 Å². The molecule has 172 valence electrons. The molecule has 1 fully saturated rings. The number of oxazole rings is 1. The molecule has 0 unspecified atom stereocenters. The van der Waals surface area contributed by atoms with Gasteiger partial charge in [-0.3, -0.25) is 9.36 Å². The zero-order valence-corrected chi connectivity index (χ0v) is 19.4. The molecular weight excluding hydrogens is 440 g/mol. The first-order valence-electron chi connectivity index (χ1n) is 10.7. The minimum absolute atomic E-state index is 0.272. The predicted octanol–water partition coefficient (Wildman–Crippen LogP) is 2.07. The molecule has 4 rings (SSSR count). The van der Waals surface area contributed by atoms with Gasteiger partial charge in [-0.15, -0.1) is 0 Å². The number of carbonyl (C=O) groups excluding carboxylic acids is 1. The largest absolute Gasteiger partial charge is 0.419 e. The molecule has 1 aliphatic heterocycles. The molecule has 1 amide bonds. The van der Waals surface area contributed by atoms with Crippen molar-refractivity contribution in [1.82, 2.24) is 15.2 Å². The highest BCUT2D eigenvalue weighted by Crippen LogP contribution is 2.24. The van der Waals surface area contributed by atoms with Gasteiger partial charge in [0.1, 0.15) is 12.1 Å². The fraction of sp³-hybridized carbons (Fsp3) is 0.375. The van der Waals surface area contributed by atoms with E-state index in [9.17, 15) is 14.9 Å². The lowest BCUT2D eigenvalue weighted by molar-refractivity contribution is -0.132. The number of ether oxygens (including phenoxy) is 1. The topological polar surface area (TPSA) is 109 Å². The molecule has 0 spiro atoms. The quantitative estimate of drug-likeness (QED) is 0.572. The minimum Gasteiger partial charge on any atom is -0.408 e. The molecule has 0 bridgehead atoms. The summed E-state index contributed by atoms with van der Waals surface area (Å²) < 4.78 is 12.4. The van der Waals surface area contributed by atoms with E-state index in [1.165, 1.54) is 4.57 Å². The van der Waals surface area contributed by atoms with Crippen LogP contribution in [0.5, 0.6) is 0 Å². The van der Waals surface area contributed by atoms with Crippen molar-refractivity contribution in [3.05, 3.63) is 58.6 Å². The average molecular weight is 467 g/mol. The Morgan fingerprint density at radius 1 is 1.27 bits per heavy atom. The van der Waals surface area contributed by atoms with Crippen LogP contribution in [0.3, 0.4) is 0 Å². The van der Waals surface area contributed by atoms with Gasteiger partial charge in [-0.05, 0) is 35.1 Å². The van der Waals surface area contributed by atoms with Gasteiger partial charge < -0.3 is 19.8 Å². The standard InChI is InChI=1S/C24H26N4O4S/c1-28-20-10-17(7-8-21(20)32-24(28)30)16-5-3-15(4-6-16)9-18(11-25)27-23(29)22-13-26-12-19(33-2)14-31-22/h3-8,10,18-19,22,26H,9,12-14H2,1-2H3,(H,27,29)/t18-,19+,22-/m0/s1. The number of nitriles is 1. The number of hydrogen-bond donors (Lipinski definition) is 2. The number of carbonyl (C=O) groups is 1. The highest BCUT2D eigenvalue weighted by molar-refractivity contribution is 7.99. The molecule has 0 aliphatic carbocycles. The Morgan fingerprint density at radius 3 is 2.76 bits per heavy atom. The summed E-state index contributed by atoms with van der Waals surface area (Å²) in [6.45, 7) is 1.73. The molecule has 3 atom stereocenters. The summed E-state index contributed by atoms with van der Waals surface area (Å²) in [7, 11) is 1.68. The zero-order valence-electron chi connectivity index (χ0n) is 18.5. The first-order chi connectivity index (χ1) is 16.0. The predicted molar refractivity (Wildman–Crippen MR) is 128 cm³/mol. The lowest BCUT2D eigenvalue weighted by Crippen LogP contribution is -2.46. The molecule has 2 heterocycles. The van der Waals surface area contributed by atoms with Crippen LogP contribution in [0.4, 0.5) is 0 Å². The van der Waals surface area contributed by atoms with Crippen molar-refractivity contribution in [2.45, 2.75) is 23.8 Å². The van der Waals surface area contributed by atoms with Crippen molar-refractivity contribution in [3.8, 4) is 17.2 Å². The minimum atomic E-state index is -0.650.